The van der Waals surface area contributed by atoms with E-state index in [0.717, 1.165) is 15.2 Å². The van der Waals surface area contributed by atoms with Crippen molar-refractivity contribution in [2.75, 3.05) is 7.11 Å². The normalized spacial score (nSPS) is 11.8. The Kier molecular flexibility index (Phi) is 3.73. The molecule has 0 fully saturated rings. The fourth-order valence-corrected chi connectivity index (χ4v) is 3.91. The van der Waals surface area contributed by atoms with E-state index in [4.69, 9.17) is 4.74 Å². The van der Waals surface area contributed by atoms with Crippen LogP contribution in [0.3, 0.4) is 0 Å². The molecule has 4 aromatic rings. The molecule has 4 rings (SSSR count). The van der Waals surface area contributed by atoms with Gasteiger partial charge in [0, 0.05) is 30.6 Å². The molecule has 9 heteroatoms. The van der Waals surface area contributed by atoms with Crippen molar-refractivity contribution in [2.24, 2.45) is 7.05 Å². The van der Waals surface area contributed by atoms with Crippen molar-refractivity contribution >= 4 is 21.1 Å². The predicted octanol–water partition coefficient (Wildman–Crippen LogP) is 2.08. The SMILES string of the molecule is COc1ccc(S(=O)(=O)n2ncc3ncc(-c4cnn(C)c4)cc32)cc1. The van der Waals surface area contributed by atoms with Gasteiger partial charge >= 0.3 is 0 Å². The summed E-state index contributed by atoms with van der Waals surface area (Å²) in [4.78, 5) is 4.44. The first-order valence-electron chi connectivity index (χ1n) is 7.71. The maximum Gasteiger partial charge on any atom is 0.283 e. The molecule has 0 atom stereocenters. The van der Waals surface area contributed by atoms with Gasteiger partial charge in [-0.3, -0.25) is 9.67 Å². The summed E-state index contributed by atoms with van der Waals surface area (Å²) in [5.41, 5.74) is 2.51. The molecule has 0 saturated carbocycles. The highest BCUT2D eigenvalue weighted by Crippen LogP contribution is 2.25. The maximum absolute atomic E-state index is 13.0. The van der Waals surface area contributed by atoms with E-state index in [9.17, 15) is 8.42 Å². The van der Waals surface area contributed by atoms with E-state index in [1.165, 1.54) is 25.4 Å². The number of pyridine rings is 1. The van der Waals surface area contributed by atoms with Crippen molar-refractivity contribution < 1.29 is 13.2 Å². The second kappa shape index (κ2) is 5.95. The zero-order valence-electron chi connectivity index (χ0n) is 14.1. The summed E-state index contributed by atoms with van der Waals surface area (Å²) in [6.07, 6.45) is 6.64. The van der Waals surface area contributed by atoms with Crippen molar-refractivity contribution in [3.05, 3.63) is 55.1 Å². The van der Waals surface area contributed by atoms with E-state index >= 15 is 0 Å². The monoisotopic (exact) mass is 369 g/mol. The van der Waals surface area contributed by atoms with Crippen molar-refractivity contribution in [3.8, 4) is 16.9 Å². The van der Waals surface area contributed by atoms with Crippen molar-refractivity contribution in [1.29, 1.82) is 0 Å². The van der Waals surface area contributed by atoms with Gasteiger partial charge in [0.1, 0.15) is 16.8 Å². The molecular formula is C17H15N5O3S. The molecular weight excluding hydrogens is 354 g/mol. The lowest BCUT2D eigenvalue weighted by molar-refractivity contribution is 0.414. The highest BCUT2D eigenvalue weighted by molar-refractivity contribution is 7.90. The average molecular weight is 369 g/mol. The minimum atomic E-state index is -3.85. The molecule has 26 heavy (non-hydrogen) atoms. The molecule has 0 unspecified atom stereocenters. The molecule has 0 radical (unpaired) electrons. The highest BCUT2D eigenvalue weighted by atomic mass is 32.2. The zero-order chi connectivity index (χ0) is 18.3. The van der Waals surface area contributed by atoms with Gasteiger partial charge < -0.3 is 4.74 Å². The first kappa shape index (κ1) is 16.3. The van der Waals surface area contributed by atoms with Crippen molar-refractivity contribution in [3.63, 3.8) is 0 Å². The van der Waals surface area contributed by atoms with Crippen LogP contribution in [-0.2, 0) is 17.1 Å². The minimum Gasteiger partial charge on any atom is -0.497 e. The first-order chi connectivity index (χ1) is 12.5. The van der Waals surface area contributed by atoms with Crippen LogP contribution in [0.1, 0.15) is 0 Å². The second-order valence-corrected chi connectivity index (χ2v) is 7.47. The quantitative estimate of drug-likeness (QED) is 0.547. The Bertz CT molecular complexity index is 1190. The Labute approximate surface area is 149 Å². The van der Waals surface area contributed by atoms with Crippen LogP contribution < -0.4 is 4.74 Å². The van der Waals surface area contributed by atoms with Crippen LogP contribution >= 0.6 is 0 Å². The van der Waals surface area contributed by atoms with Crippen LogP contribution in [-0.4, -0.2) is 39.5 Å². The topological polar surface area (TPSA) is 91.9 Å². The van der Waals surface area contributed by atoms with Gasteiger partial charge in [0.2, 0.25) is 0 Å². The number of hydrogen-bond acceptors (Lipinski definition) is 6. The molecule has 0 aliphatic rings. The lowest BCUT2D eigenvalue weighted by Crippen LogP contribution is -2.14. The summed E-state index contributed by atoms with van der Waals surface area (Å²) in [5.74, 6) is 0.579. The standard InChI is InChI=1S/C17H15N5O3S/c1-21-11-13(9-19-21)12-7-17-16(18-8-12)10-20-22(17)26(23,24)15-5-3-14(25-2)4-6-15/h3-11H,1-2H3. The Morgan fingerprint density at radius 1 is 1.00 bits per heavy atom. The van der Waals surface area contributed by atoms with Crippen LogP contribution in [0, 0.1) is 0 Å². The molecule has 132 valence electrons. The number of nitrogens with zero attached hydrogens (tertiary/aromatic N) is 5. The molecule has 0 aliphatic carbocycles. The molecule has 0 saturated heterocycles. The van der Waals surface area contributed by atoms with Gasteiger partial charge in [0.25, 0.3) is 10.0 Å². The van der Waals surface area contributed by atoms with Crippen molar-refractivity contribution in [1.82, 2.24) is 24.0 Å². The number of methoxy groups -OCH3 is 1. The summed E-state index contributed by atoms with van der Waals surface area (Å²) >= 11 is 0. The Morgan fingerprint density at radius 2 is 1.77 bits per heavy atom. The lowest BCUT2D eigenvalue weighted by atomic mass is 10.1. The van der Waals surface area contributed by atoms with Crippen molar-refractivity contribution in [2.45, 2.75) is 4.90 Å². The Balaban J connectivity index is 1.85. The van der Waals surface area contributed by atoms with E-state index < -0.39 is 10.0 Å². The third kappa shape index (κ3) is 2.62. The summed E-state index contributed by atoms with van der Waals surface area (Å²) in [7, 11) is -0.514. The second-order valence-electron chi connectivity index (χ2n) is 5.70. The molecule has 0 bridgehead atoms. The van der Waals surface area contributed by atoms with Crippen LogP contribution in [0.15, 0.2) is 60.0 Å². The van der Waals surface area contributed by atoms with Crippen LogP contribution in [0.25, 0.3) is 22.2 Å². The number of aromatic nitrogens is 5. The van der Waals surface area contributed by atoms with Crippen LogP contribution in [0.5, 0.6) is 5.75 Å². The number of hydrogen-bond donors (Lipinski definition) is 0. The minimum absolute atomic E-state index is 0.120. The molecule has 3 aromatic heterocycles. The number of rotatable bonds is 4. The molecule has 0 aliphatic heterocycles. The summed E-state index contributed by atoms with van der Waals surface area (Å²) in [6.45, 7) is 0. The predicted molar refractivity (Wildman–Crippen MR) is 95.3 cm³/mol. The number of aryl methyl sites for hydroxylation is 1. The molecule has 0 N–H and O–H groups in total. The van der Waals surface area contributed by atoms with E-state index in [-0.39, 0.29) is 4.90 Å². The van der Waals surface area contributed by atoms with E-state index in [1.54, 1.807) is 35.3 Å². The molecule has 8 nitrogen and oxygen atoms in total. The van der Waals surface area contributed by atoms with Gasteiger partial charge in [-0.1, -0.05) is 0 Å². The van der Waals surface area contributed by atoms with E-state index in [0.29, 0.717) is 16.8 Å². The third-order valence-electron chi connectivity index (χ3n) is 4.01. The largest absolute Gasteiger partial charge is 0.497 e. The highest BCUT2D eigenvalue weighted by Gasteiger charge is 2.21. The lowest BCUT2D eigenvalue weighted by Gasteiger charge is -2.07. The number of fused-ring (bicyclic) bond motifs is 1. The van der Waals surface area contributed by atoms with Gasteiger partial charge in [-0.15, -0.1) is 0 Å². The van der Waals surface area contributed by atoms with Gasteiger partial charge in [-0.25, -0.2) is 0 Å². The maximum atomic E-state index is 13.0. The summed E-state index contributed by atoms with van der Waals surface area (Å²) < 4.78 is 33.7. The smallest absolute Gasteiger partial charge is 0.283 e. The van der Waals surface area contributed by atoms with Crippen LogP contribution in [0.4, 0.5) is 0 Å². The summed E-state index contributed by atoms with van der Waals surface area (Å²) in [5, 5.41) is 8.17. The number of benzene rings is 1. The first-order valence-corrected chi connectivity index (χ1v) is 9.15. The average Bonchev–Trinajstić information content (AvgIpc) is 3.27. The van der Waals surface area contributed by atoms with Gasteiger partial charge in [0.05, 0.1) is 24.4 Å². The molecule has 0 spiro atoms. The van der Waals surface area contributed by atoms with Gasteiger partial charge in [-0.05, 0) is 30.3 Å². The third-order valence-corrected chi connectivity index (χ3v) is 5.63. The van der Waals surface area contributed by atoms with E-state index in [1.807, 2.05) is 13.2 Å². The van der Waals surface area contributed by atoms with Gasteiger partial charge in [-0.2, -0.15) is 22.7 Å². The Morgan fingerprint density at radius 3 is 2.42 bits per heavy atom. The van der Waals surface area contributed by atoms with Gasteiger partial charge in [0.15, 0.2) is 0 Å². The number of ether oxygens (including phenoxy) is 1. The fourth-order valence-electron chi connectivity index (χ4n) is 2.65. The molecule has 1 aromatic carbocycles. The van der Waals surface area contributed by atoms with E-state index in [2.05, 4.69) is 15.2 Å². The molecule has 3 heterocycles. The zero-order valence-corrected chi connectivity index (χ0v) is 14.9. The van der Waals surface area contributed by atoms with Crippen LogP contribution in [0.2, 0.25) is 0 Å². The molecule has 0 amide bonds. The summed E-state index contributed by atoms with van der Waals surface area (Å²) in [6, 6.07) is 7.91. The fraction of sp³-hybridized carbons (Fsp3) is 0.118. The Hall–Kier alpha value is -3.20.